The van der Waals surface area contributed by atoms with Crippen LogP contribution in [0, 0.1) is 0 Å². The van der Waals surface area contributed by atoms with Gasteiger partial charge in [-0.3, -0.25) is 0 Å². The lowest BCUT2D eigenvalue weighted by atomic mass is 9.87. The molecule has 0 saturated carbocycles. The van der Waals surface area contributed by atoms with E-state index in [-0.39, 0.29) is 0 Å². The summed E-state index contributed by atoms with van der Waals surface area (Å²) in [6.07, 6.45) is 2.43. The number of thiophene rings is 1. The number of benzene rings is 1. The minimum Gasteiger partial charge on any atom is -0.389 e. The molecule has 1 aliphatic rings. The van der Waals surface area contributed by atoms with Gasteiger partial charge in [0.15, 0.2) is 0 Å². The number of para-hydroxylation sites is 1. The average Bonchev–Trinajstić information content (AvgIpc) is 2.85. The minimum atomic E-state index is -0.546. The first-order chi connectivity index (χ1) is 9.65. The van der Waals surface area contributed by atoms with Crippen LogP contribution in [0.15, 0.2) is 46.3 Å². The Morgan fingerprint density at radius 3 is 2.40 bits per heavy atom. The Morgan fingerprint density at radius 2 is 1.80 bits per heavy atom. The third-order valence-electron chi connectivity index (χ3n) is 3.95. The molecule has 1 aromatic carbocycles. The lowest BCUT2D eigenvalue weighted by Gasteiger charge is -2.39. The molecule has 2 heterocycles. The van der Waals surface area contributed by atoms with Gasteiger partial charge >= 0.3 is 0 Å². The Bertz CT molecular complexity index is 561. The lowest BCUT2D eigenvalue weighted by molar-refractivity contribution is 0.0173. The van der Waals surface area contributed by atoms with Crippen LogP contribution in [-0.2, 0) is 6.42 Å². The van der Waals surface area contributed by atoms with E-state index in [9.17, 15) is 5.11 Å². The predicted molar refractivity (Wildman–Crippen MR) is 88.6 cm³/mol. The highest BCUT2D eigenvalue weighted by Crippen LogP contribution is 2.32. The number of anilines is 1. The van der Waals surface area contributed by atoms with E-state index in [0.717, 1.165) is 36.1 Å². The molecular formula is C16H18BrNOS. The summed E-state index contributed by atoms with van der Waals surface area (Å²) >= 11 is 5.20. The number of nitrogens with zero attached hydrogens (tertiary/aromatic N) is 1. The maximum atomic E-state index is 10.8. The van der Waals surface area contributed by atoms with E-state index >= 15 is 0 Å². The molecule has 0 spiro atoms. The first-order valence-corrected chi connectivity index (χ1v) is 8.52. The van der Waals surface area contributed by atoms with Crippen LogP contribution >= 0.6 is 27.3 Å². The fraction of sp³-hybridized carbons (Fsp3) is 0.375. The highest BCUT2D eigenvalue weighted by atomic mass is 79.9. The van der Waals surface area contributed by atoms with Crippen molar-refractivity contribution in [2.45, 2.75) is 24.9 Å². The van der Waals surface area contributed by atoms with Crippen molar-refractivity contribution in [2.75, 3.05) is 18.0 Å². The number of rotatable bonds is 3. The summed E-state index contributed by atoms with van der Waals surface area (Å²) in [6.45, 7) is 1.85. The number of aliphatic hydroxyl groups is 1. The van der Waals surface area contributed by atoms with Crippen LogP contribution in [0.3, 0.4) is 0 Å². The Hall–Kier alpha value is -0.840. The summed E-state index contributed by atoms with van der Waals surface area (Å²) in [5.41, 5.74) is 0.712. The van der Waals surface area contributed by atoms with Crippen molar-refractivity contribution in [3.05, 3.63) is 51.1 Å². The quantitative estimate of drug-likeness (QED) is 0.900. The summed E-state index contributed by atoms with van der Waals surface area (Å²) in [5.74, 6) is 0. The van der Waals surface area contributed by atoms with Crippen molar-refractivity contribution in [3.8, 4) is 0 Å². The van der Waals surface area contributed by atoms with Gasteiger partial charge in [0, 0.05) is 30.1 Å². The smallest absolute Gasteiger partial charge is 0.0729 e. The molecule has 1 saturated heterocycles. The molecule has 1 fully saturated rings. The number of hydrogen-bond donors (Lipinski definition) is 1. The van der Waals surface area contributed by atoms with Gasteiger partial charge in [0.2, 0.25) is 0 Å². The minimum absolute atomic E-state index is 0.546. The van der Waals surface area contributed by atoms with Crippen LogP contribution in [0.4, 0.5) is 5.69 Å². The molecule has 1 aromatic heterocycles. The van der Waals surface area contributed by atoms with Gasteiger partial charge in [-0.15, -0.1) is 11.3 Å². The van der Waals surface area contributed by atoms with Crippen LogP contribution in [0.5, 0.6) is 0 Å². The Balaban J connectivity index is 1.62. The topological polar surface area (TPSA) is 23.5 Å². The third kappa shape index (κ3) is 3.25. The van der Waals surface area contributed by atoms with Crippen molar-refractivity contribution in [3.63, 3.8) is 0 Å². The first-order valence-electron chi connectivity index (χ1n) is 6.91. The molecule has 106 valence electrons. The molecule has 0 aliphatic carbocycles. The van der Waals surface area contributed by atoms with Gasteiger partial charge < -0.3 is 10.0 Å². The van der Waals surface area contributed by atoms with Crippen molar-refractivity contribution < 1.29 is 5.11 Å². The van der Waals surface area contributed by atoms with Gasteiger partial charge in [-0.05, 0) is 53.0 Å². The second kappa shape index (κ2) is 5.88. The second-order valence-electron chi connectivity index (χ2n) is 5.43. The summed E-state index contributed by atoms with van der Waals surface area (Å²) in [6, 6.07) is 14.6. The zero-order valence-corrected chi connectivity index (χ0v) is 13.7. The molecule has 0 atom stereocenters. The maximum Gasteiger partial charge on any atom is 0.0729 e. The van der Waals surface area contributed by atoms with Crippen LogP contribution in [-0.4, -0.2) is 23.8 Å². The first kappa shape index (κ1) is 14.1. The van der Waals surface area contributed by atoms with Crippen LogP contribution < -0.4 is 4.90 Å². The number of hydrogen-bond acceptors (Lipinski definition) is 3. The Morgan fingerprint density at radius 1 is 1.10 bits per heavy atom. The van der Waals surface area contributed by atoms with E-state index in [0.29, 0.717) is 0 Å². The highest BCUT2D eigenvalue weighted by Gasteiger charge is 2.32. The molecule has 0 radical (unpaired) electrons. The van der Waals surface area contributed by atoms with Gasteiger partial charge in [0.05, 0.1) is 9.39 Å². The molecule has 2 aromatic rings. The molecule has 3 rings (SSSR count). The van der Waals surface area contributed by atoms with Crippen LogP contribution in [0.1, 0.15) is 17.7 Å². The van der Waals surface area contributed by atoms with E-state index in [1.807, 2.05) is 6.07 Å². The monoisotopic (exact) mass is 351 g/mol. The SMILES string of the molecule is OC1(Cc2ccc(Br)s2)CCN(c2ccccc2)CC1. The summed E-state index contributed by atoms with van der Waals surface area (Å²) in [5, 5.41) is 10.8. The van der Waals surface area contributed by atoms with Gasteiger partial charge in [-0.25, -0.2) is 0 Å². The van der Waals surface area contributed by atoms with Crippen LogP contribution in [0.25, 0.3) is 0 Å². The highest BCUT2D eigenvalue weighted by molar-refractivity contribution is 9.11. The van der Waals surface area contributed by atoms with E-state index in [2.05, 4.69) is 57.2 Å². The van der Waals surface area contributed by atoms with Crippen molar-refractivity contribution >= 4 is 33.0 Å². The van der Waals surface area contributed by atoms with E-state index in [1.165, 1.54) is 10.6 Å². The van der Waals surface area contributed by atoms with Crippen molar-refractivity contribution in [1.29, 1.82) is 0 Å². The Kier molecular flexibility index (Phi) is 4.15. The van der Waals surface area contributed by atoms with Gasteiger partial charge in [-0.2, -0.15) is 0 Å². The van der Waals surface area contributed by atoms with E-state index < -0.39 is 5.60 Å². The molecule has 0 amide bonds. The molecule has 0 unspecified atom stereocenters. The molecule has 4 heteroatoms. The zero-order valence-electron chi connectivity index (χ0n) is 11.3. The number of piperidine rings is 1. The lowest BCUT2D eigenvalue weighted by Crippen LogP contribution is -2.45. The fourth-order valence-corrected chi connectivity index (χ4v) is 4.39. The Labute approximate surface area is 132 Å². The van der Waals surface area contributed by atoms with Crippen LogP contribution in [0.2, 0.25) is 0 Å². The summed E-state index contributed by atoms with van der Waals surface area (Å²) < 4.78 is 1.14. The summed E-state index contributed by atoms with van der Waals surface area (Å²) in [4.78, 5) is 3.62. The fourth-order valence-electron chi connectivity index (χ4n) is 2.77. The average molecular weight is 352 g/mol. The summed E-state index contributed by atoms with van der Waals surface area (Å²) in [7, 11) is 0. The number of halogens is 1. The van der Waals surface area contributed by atoms with Crippen molar-refractivity contribution in [1.82, 2.24) is 0 Å². The largest absolute Gasteiger partial charge is 0.389 e. The molecule has 1 aliphatic heterocycles. The van der Waals surface area contributed by atoms with E-state index in [1.54, 1.807) is 11.3 Å². The zero-order chi connectivity index (χ0) is 14.0. The van der Waals surface area contributed by atoms with Crippen molar-refractivity contribution in [2.24, 2.45) is 0 Å². The van der Waals surface area contributed by atoms with Gasteiger partial charge in [0.1, 0.15) is 0 Å². The molecular weight excluding hydrogens is 334 g/mol. The second-order valence-corrected chi connectivity index (χ2v) is 7.98. The molecule has 20 heavy (non-hydrogen) atoms. The standard InChI is InChI=1S/C16H18BrNOS/c17-15-7-6-14(20-15)12-16(19)8-10-18(11-9-16)13-4-2-1-3-5-13/h1-7,19H,8-12H2. The van der Waals surface area contributed by atoms with Gasteiger partial charge in [0.25, 0.3) is 0 Å². The van der Waals surface area contributed by atoms with Gasteiger partial charge in [-0.1, -0.05) is 18.2 Å². The van der Waals surface area contributed by atoms with E-state index in [4.69, 9.17) is 0 Å². The predicted octanol–water partition coefficient (Wildman–Crippen LogP) is 4.08. The third-order valence-corrected chi connectivity index (χ3v) is 5.57. The molecule has 0 bridgehead atoms. The molecule has 1 N–H and O–H groups in total. The normalized spacial score (nSPS) is 18.2. The maximum absolute atomic E-state index is 10.8. The molecule has 2 nitrogen and oxygen atoms in total.